The third kappa shape index (κ3) is 4.53. The Labute approximate surface area is 126 Å². The number of nitrogen functional groups attached to an aromatic ring is 1. The van der Waals surface area contributed by atoms with Gasteiger partial charge < -0.3 is 15.8 Å². The van der Waals surface area contributed by atoms with Crippen molar-refractivity contribution >= 4 is 37.5 Å². The quantitative estimate of drug-likeness (QED) is 0.780. The van der Waals surface area contributed by atoms with Gasteiger partial charge in [-0.3, -0.25) is 0 Å². The second-order valence-electron chi connectivity index (χ2n) is 5.25. The Hall–Kier alpha value is -0.100. The maximum absolute atomic E-state index is 5.89. The number of halogens is 2. The van der Waals surface area contributed by atoms with Crippen molar-refractivity contribution in [3.8, 4) is 0 Å². The molecule has 0 spiro atoms. The van der Waals surface area contributed by atoms with Crippen LogP contribution in [0.25, 0.3) is 0 Å². The van der Waals surface area contributed by atoms with Crippen LogP contribution in [-0.2, 0) is 4.74 Å². The van der Waals surface area contributed by atoms with Crippen LogP contribution in [0.15, 0.2) is 21.1 Å². The minimum absolute atomic E-state index is 0.00238. The van der Waals surface area contributed by atoms with E-state index in [0.29, 0.717) is 5.69 Å². The molecule has 0 aromatic heterocycles. The van der Waals surface area contributed by atoms with E-state index in [9.17, 15) is 0 Å². The normalized spacial score (nSPS) is 13.7. The summed E-state index contributed by atoms with van der Waals surface area (Å²) in [6.45, 7) is 7.15. The van der Waals surface area contributed by atoms with Crippen LogP contribution in [0.2, 0.25) is 0 Å². The Bertz CT molecular complexity index is 393. The standard InChI is InChI=1S/C13H20Br2N2O/c1-13(2,3)17-7-11(18-4)8-5-9(14)12(16)10(15)6-8/h5-6,11,17H,7,16H2,1-4H3. The van der Waals surface area contributed by atoms with Crippen molar-refractivity contribution in [1.82, 2.24) is 5.32 Å². The smallest absolute Gasteiger partial charge is 0.0946 e. The van der Waals surface area contributed by atoms with Gasteiger partial charge in [0.1, 0.15) is 0 Å². The van der Waals surface area contributed by atoms with E-state index in [2.05, 4.69) is 57.9 Å². The molecule has 18 heavy (non-hydrogen) atoms. The highest BCUT2D eigenvalue weighted by molar-refractivity contribution is 9.11. The Morgan fingerprint density at radius 2 is 1.78 bits per heavy atom. The van der Waals surface area contributed by atoms with Crippen molar-refractivity contribution in [2.45, 2.75) is 32.4 Å². The molecule has 0 fully saturated rings. The number of nitrogens with two attached hydrogens (primary N) is 1. The van der Waals surface area contributed by atoms with Crippen LogP contribution in [0, 0.1) is 0 Å². The fraction of sp³-hybridized carbons (Fsp3) is 0.538. The van der Waals surface area contributed by atoms with Crippen molar-refractivity contribution in [2.24, 2.45) is 0 Å². The summed E-state index contributed by atoms with van der Waals surface area (Å²) >= 11 is 6.91. The molecular formula is C13H20Br2N2O. The first kappa shape index (κ1) is 16.0. The first-order valence-electron chi connectivity index (χ1n) is 5.77. The largest absolute Gasteiger partial charge is 0.397 e. The lowest BCUT2D eigenvalue weighted by atomic mass is 10.1. The van der Waals surface area contributed by atoms with Crippen molar-refractivity contribution in [3.05, 3.63) is 26.6 Å². The Morgan fingerprint density at radius 1 is 1.28 bits per heavy atom. The summed E-state index contributed by atoms with van der Waals surface area (Å²) in [5.74, 6) is 0. The lowest BCUT2D eigenvalue weighted by molar-refractivity contribution is 0.0958. The molecule has 1 rings (SSSR count). The predicted molar refractivity (Wildman–Crippen MR) is 83.8 cm³/mol. The number of hydrogen-bond donors (Lipinski definition) is 2. The van der Waals surface area contributed by atoms with E-state index >= 15 is 0 Å². The maximum Gasteiger partial charge on any atom is 0.0946 e. The van der Waals surface area contributed by atoms with Gasteiger partial charge in [-0.25, -0.2) is 0 Å². The molecule has 3 N–H and O–H groups in total. The molecule has 0 saturated carbocycles. The highest BCUT2D eigenvalue weighted by Gasteiger charge is 2.17. The van der Waals surface area contributed by atoms with Crippen LogP contribution in [0.4, 0.5) is 5.69 Å². The summed E-state index contributed by atoms with van der Waals surface area (Å²) in [4.78, 5) is 0. The van der Waals surface area contributed by atoms with E-state index in [4.69, 9.17) is 10.5 Å². The first-order chi connectivity index (χ1) is 8.24. The molecule has 5 heteroatoms. The van der Waals surface area contributed by atoms with Gasteiger partial charge in [0, 0.05) is 28.1 Å². The van der Waals surface area contributed by atoms with Crippen molar-refractivity contribution in [3.63, 3.8) is 0 Å². The van der Waals surface area contributed by atoms with E-state index in [1.807, 2.05) is 12.1 Å². The molecule has 3 nitrogen and oxygen atoms in total. The molecule has 0 aliphatic heterocycles. The topological polar surface area (TPSA) is 47.3 Å². The highest BCUT2D eigenvalue weighted by atomic mass is 79.9. The van der Waals surface area contributed by atoms with Gasteiger partial charge in [-0.05, 0) is 70.3 Å². The molecule has 1 aromatic carbocycles. The molecule has 0 amide bonds. The summed E-state index contributed by atoms with van der Waals surface area (Å²) in [6, 6.07) is 4.00. The highest BCUT2D eigenvalue weighted by Crippen LogP contribution is 2.32. The summed E-state index contributed by atoms with van der Waals surface area (Å²) in [5, 5.41) is 3.44. The van der Waals surface area contributed by atoms with Crippen LogP contribution in [0.1, 0.15) is 32.4 Å². The van der Waals surface area contributed by atoms with Crippen LogP contribution in [0.3, 0.4) is 0 Å². The third-order valence-corrected chi connectivity index (χ3v) is 3.89. The lowest BCUT2D eigenvalue weighted by Crippen LogP contribution is -2.38. The van der Waals surface area contributed by atoms with Crippen molar-refractivity contribution in [2.75, 3.05) is 19.4 Å². The number of anilines is 1. The minimum atomic E-state index is -0.00238. The van der Waals surface area contributed by atoms with Gasteiger partial charge >= 0.3 is 0 Å². The summed E-state index contributed by atoms with van der Waals surface area (Å²) in [5.41, 5.74) is 7.75. The van der Waals surface area contributed by atoms with Gasteiger partial charge in [0.25, 0.3) is 0 Å². The average Bonchev–Trinajstić information content (AvgIpc) is 2.25. The molecule has 0 aliphatic carbocycles. The molecule has 1 aromatic rings. The zero-order valence-electron chi connectivity index (χ0n) is 11.2. The van der Waals surface area contributed by atoms with Gasteiger partial charge in [-0.15, -0.1) is 0 Å². The van der Waals surface area contributed by atoms with Gasteiger partial charge in [0.15, 0.2) is 0 Å². The van der Waals surface area contributed by atoms with Crippen molar-refractivity contribution in [1.29, 1.82) is 0 Å². The monoisotopic (exact) mass is 378 g/mol. The summed E-state index contributed by atoms with van der Waals surface area (Å²) in [7, 11) is 1.72. The molecule has 0 bridgehead atoms. The number of ether oxygens (including phenoxy) is 1. The molecular weight excluding hydrogens is 360 g/mol. The average molecular weight is 380 g/mol. The predicted octanol–water partition coefficient (Wildman–Crippen LogP) is 3.87. The summed E-state index contributed by atoms with van der Waals surface area (Å²) in [6.07, 6.45) is -0.00238. The zero-order chi connectivity index (χ0) is 13.9. The Kier molecular flexibility index (Phi) is 5.65. The molecule has 0 radical (unpaired) electrons. The zero-order valence-corrected chi connectivity index (χ0v) is 14.4. The maximum atomic E-state index is 5.89. The third-order valence-electron chi connectivity index (χ3n) is 2.58. The van der Waals surface area contributed by atoms with Gasteiger partial charge in [-0.1, -0.05) is 0 Å². The minimum Gasteiger partial charge on any atom is -0.397 e. The fourth-order valence-electron chi connectivity index (χ4n) is 1.53. The summed E-state index contributed by atoms with van der Waals surface area (Å²) < 4.78 is 7.30. The number of nitrogens with one attached hydrogen (secondary N) is 1. The molecule has 102 valence electrons. The lowest BCUT2D eigenvalue weighted by Gasteiger charge is -2.25. The van der Waals surface area contributed by atoms with Crippen LogP contribution >= 0.6 is 31.9 Å². The molecule has 1 unspecified atom stereocenters. The SMILES string of the molecule is COC(CNC(C)(C)C)c1cc(Br)c(N)c(Br)c1. The van der Waals surface area contributed by atoms with E-state index in [-0.39, 0.29) is 11.6 Å². The second kappa shape index (κ2) is 6.37. The van der Waals surface area contributed by atoms with Crippen LogP contribution < -0.4 is 11.1 Å². The Morgan fingerprint density at radius 3 is 2.17 bits per heavy atom. The molecule has 0 saturated heterocycles. The van der Waals surface area contributed by atoms with Crippen LogP contribution in [-0.4, -0.2) is 19.2 Å². The molecule has 1 atom stereocenters. The first-order valence-corrected chi connectivity index (χ1v) is 7.35. The van der Waals surface area contributed by atoms with E-state index in [0.717, 1.165) is 21.1 Å². The molecule has 0 aliphatic rings. The van der Waals surface area contributed by atoms with E-state index in [1.165, 1.54) is 0 Å². The number of rotatable bonds is 4. The Balaban J connectivity index is 2.89. The van der Waals surface area contributed by atoms with E-state index < -0.39 is 0 Å². The number of benzene rings is 1. The number of hydrogen-bond acceptors (Lipinski definition) is 3. The van der Waals surface area contributed by atoms with Crippen LogP contribution in [0.5, 0.6) is 0 Å². The van der Waals surface area contributed by atoms with Gasteiger partial charge in [-0.2, -0.15) is 0 Å². The van der Waals surface area contributed by atoms with Gasteiger partial charge in [0.2, 0.25) is 0 Å². The fourth-order valence-corrected chi connectivity index (χ4v) is 2.75. The van der Waals surface area contributed by atoms with Crippen molar-refractivity contribution < 1.29 is 4.74 Å². The number of methoxy groups -OCH3 is 1. The molecule has 0 heterocycles. The van der Waals surface area contributed by atoms with E-state index in [1.54, 1.807) is 7.11 Å². The van der Waals surface area contributed by atoms with Gasteiger partial charge in [0.05, 0.1) is 11.8 Å². The second-order valence-corrected chi connectivity index (χ2v) is 6.96.